The van der Waals surface area contributed by atoms with Gasteiger partial charge in [-0.05, 0) is 39.0 Å². The van der Waals surface area contributed by atoms with Crippen molar-refractivity contribution in [3.8, 4) is 5.75 Å². The largest absolute Gasteiger partial charge is 0.491 e. The lowest BCUT2D eigenvalue weighted by atomic mass is 10.3. The number of rotatable bonds is 9. The highest BCUT2D eigenvalue weighted by molar-refractivity contribution is 7.99. The average Bonchev–Trinajstić information content (AvgIpc) is 2.52. The van der Waals surface area contributed by atoms with Crippen molar-refractivity contribution in [2.24, 2.45) is 0 Å². The molecule has 136 valence electrons. The molecule has 0 fully saturated rings. The zero-order valence-electron chi connectivity index (χ0n) is 14.3. The van der Waals surface area contributed by atoms with Crippen LogP contribution in [0.2, 0.25) is 10.0 Å². The predicted molar refractivity (Wildman–Crippen MR) is 105 cm³/mol. The zero-order chi connectivity index (χ0) is 18.2. The lowest BCUT2D eigenvalue weighted by Gasteiger charge is -2.11. The summed E-state index contributed by atoms with van der Waals surface area (Å²) in [6.45, 7) is 7.28. The fourth-order valence-corrected chi connectivity index (χ4v) is 2.97. The second-order valence-electron chi connectivity index (χ2n) is 5.37. The maximum atomic E-state index is 6.08. The number of hydrogen-bond donors (Lipinski definition) is 2. The molecule has 1 aromatic carbocycles. The summed E-state index contributed by atoms with van der Waals surface area (Å²) >= 11 is 13.4. The van der Waals surface area contributed by atoms with Crippen LogP contribution < -0.4 is 15.4 Å². The van der Waals surface area contributed by atoms with Gasteiger partial charge in [0.25, 0.3) is 0 Å². The summed E-state index contributed by atoms with van der Waals surface area (Å²) in [5.74, 6) is 2.41. The number of nitrogens with zero attached hydrogens (tertiary/aromatic N) is 3. The Morgan fingerprint density at radius 3 is 2.60 bits per heavy atom. The lowest BCUT2D eigenvalue weighted by Crippen LogP contribution is -2.15. The molecule has 1 aromatic heterocycles. The Bertz CT molecular complexity index is 702. The summed E-state index contributed by atoms with van der Waals surface area (Å²) in [5.41, 5.74) is 0. The standard InChI is InChI=1S/C16H21Cl2N5OS/c1-4-19-14-21-15(20-10(2)3)23-16(22-14)25-8-7-24-13-6-5-11(17)9-12(13)18/h5-6,9-10H,4,7-8H2,1-3H3,(H2,19,20,21,22,23). The maximum absolute atomic E-state index is 6.08. The highest BCUT2D eigenvalue weighted by Crippen LogP contribution is 2.27. The van der Waals surface area contributed by atoms with E-state index in [1.165, 1.54) is 11.8 Å². The van der Waals surface area contributed by atoms with E-state index < -0.39 is 0 Å². The number of hydrogen-bond acceptors (Lipinski definition) is 7. The minimum Gasteiger partial charge on any atom is -0.491 e. The molecule has 0 saturated carbocycles. The third-order valence-corrected chi connectivity index (χ3v) is 4.18. The predicted octanol–water partition coefficient (Wildman–Crippen LogP) is 4.60. The molecule has 25 heavy (non-hydrogen) atoms. The molecule has 0 aliphatic heterocycles. The van der Waals surface area contributed by atoms with E-state index in [-0.39, 0.29) is 6.04 Å². The molecule has 0 aliphatic rings. The van der Waals surface area contributed by atoms with Crippen molar-refractivity contribution in [2.45, 2.75) is 32.0 Å². The summed E-state index contributed by atoms with van der Waals surface area (Å²) in [6, 6.07) is 5.40. The van der Waals surface area contributed by atoms with Crippen molar-refractivity contribution in [3.63, 3.8) is 0 Å². The summed E-state index contributed by atoms with van der Waals surface area (Å²) < 4.78 is 5.67. The van der Waals surface area contributed by atoms with Gasteiger partial charge in [-0.2, -0.15) is 15.0 Å². The van der Waals surface area contributed by atoms with Crippen molar-refractivity contribution >= 4 is 46.9 Å². The fraction of sp³-hybridized carbons (Fsp3) is 0.438. The van der Waals surface area contributed by atoms with Gasteiger partial charge in [0, 0.05) is 23.4 Å². The number of thioether (sulfide) groups is 1. The molecule has 2 aromatic rings. The molecule has 0 saturated heterocycles. The monoisotopic (exact) mass is 401 g/mol. The van der Waals surface area contributed by atoms with E-state index in [9.17, 15) is 0 Å². The quantitative estimate of drug-likeness (QED) is 0.469. The minimum absolute atomic E-state index is 0.241. The van der Waals surface area contributed by atoms with Crippen molar-refractivity contribution in [3.05, 3.63) is 28.2 Å². The summed E-state index contributed by atoms with van der Waals surface area (Å²) in [5, 5.41) is 8.03. The Morgan fingerprint density at radius 2 is 1.92 bits per heavy atom. The molecule has 0 amide bonds. The molecule has 1 heterocycles. The van der Waals surface area contributed by atoms with Gasteiger partial charge in [0.2, 0.25) is 11.9 Å². The van der Waals surface area contributed by atoms with Crippen LogP contribution in [-0.2, 0) is 0 Å². The Kier molecular flexibility index (Phi) is 7.87. The molecule has 0 unspecified atom stereocenters. The molecular formula is C16H21Cl2N5OS. The van der Waals surface area contributed by atoms with E-state index in [1.54, 1.807) is 18.2 Å². The van der Waals surface area contributed by atoms with Crippen LogP contribution in [0.4, 0.5) is 11.9 Å². The van der Waals surface area contributed by atoms with E-state index in [0.717, 1.165) is 6.54 Å². The van der Waals surface area contributed by atoms with E-state index in [1.807, 2.05) is 20.8 Å². The normalized spacial score (nSPS) is 10.8. The SMILES string of the molecule is CCNc1nc(NC(C)C)nc(SCCOc2ccc(Cl)cc2Cl)n1. The number of anilines is 2. The Balaban J connectivity index is 1.93. The first-order valence-corrected chi connectivity index (χ1v) is 9.69. The van der Waals surface area contributed by atoms with Crippen molar-refractivity contribution in [1.29, 1.82) is 0 Å². The van der Waals surface area contributed by atoms with Crippen LogP contribution in [0, 0.1) is 0 Å². The van der Waals surface area contributed by atoms with E-state index in [4.69, 9.17) is 27.9 Å². The topological polar surface area (TPSA) is 72.0 Å². The van der Waals surface area contributed by atoms with E-state index in [2.05, 4.69) is 25.6 Å². The van der Waals surface area contributed by atoms with Crippen LogP contribution in [0.3, 0.4) is 0 Å². The van der Waals surface area contributed by atoms with Gasteiger partial charge in [-0.1, -0.05) is 35.0 Å². The number of aromatic nitrogens is 3. The van der Waals surface area contributed by atoms with Gasteiger partial charge in [0.1, 0.15) is 5.75 Å². The van der Waals surface area contributed by atoms with Gasteiger partial charge in [-0.25, -0.2) is 0 Å². The van der Waals surface area contributed by atoms with Crippen LogP contribution >= 0.6 is 35.0 Å². The van der Waals surface area contributed by atoms with Gasteiger partial charge < -0.3 is 15.4 Å². The van der Waals surface area contributed by atoms with Gasteiger partial charge in [-0.15, -0.1) is 0 Å². The van der Waals surface area contributed by atoms with Gasteiger partial charge in [0.15, 0.2) is 5.16 Å². The average molecular weight is 402 g/mol. The van der Waals surface area contributed by atoms with Gasteiger partial charge >= 0.3 is 0 Å². The summed E-state index contributed by atoms with van der Waals surface area (Å²) in [7, 11) is 0. The van der Waals surface area contributed by atoms with Crippen LogP contribution in [0.25, 0.3) is 0 Å². The smallest absolute Gasteiger partial charge is 0.228 e. The zero-order valence-corrected chi connectivity index (χ0v) is 16.7. The molecule has 2 rings (SSSR count). The molecule has 9 heteroatoms. The third-order valence-electron chi connectivity index (χ3n) is 2.83. The van der Waals surface area contributed by atoms with Crippen molar-refractivity contribution in [2.75, 3.05) is 29.5 Å². The Morgan fingerprint density at radius 1 is 1.16 bits per heavy atom. The molecule has 0 spiro atoms. The van der Waals surface area contributed by atoms with E-state index in [0.29, 0.717) is 45.2 Å². The molecular weight excluding hydrogens is 381 g/mol. The highest BCUT2D eigenvalue weighted by Gasteiger charge is 2.08. The maximum Gasteiger partial charge on any atom is 0.228 e. The summed E-state index contributed by atoms with van der Waals surface area (Å²) in [4.78, 5) is 13.2. The van der Waals surface area contributed by atoms with Crippen LogP contribution in [-0.4, -0.2) is 39.9 Å². The van der Waals surface area contributed by atoms with Crippen LogP contribution in [0.5, 0.6) is 5.75 Å². The fourth-order valence-electron chi connectivity index (χ4n) is 1.86. The molecule has 6 nitrogen and oxygen atoms in total. The lowest BCUT2D eigenvalue weighted by molar-refractivity contribution is 0.344. The van der Waals surface area contributed by atoms with E-state index >= 15 is 0 Å². The highest BCUT2D eigenvalue weighted by atomic mass is 35.5. The molecule has 0 bridgehead atoms. The van der Waals surface area contributed by atoms with Gasteiger partial charge in [-0.3, -0.25) is 0 Å². The Labute approximate surface area is 162 Å². The number of ether oxygens (including phenoxy) is 1. The molecule has 2 N–H and O–H groups in total. The van der Waals surface area contributed by atoms with Crippen LogP contribution in [0.15, 0.2) is 23.4 Å². The first-order valence-electron chi connectivity index (χ1n) is 7.95. The molecule has 0 atom stereocenters. The second kappa shape index (κ2) is 9.89. The molecule has 0 aliphatic carbocycles. The number of benzene rings is 1. The summed E-state index contributed by atoms with van der Waals surface area (Å²) in [6.07, 6.45) is 0. The van der Waals surface area contributed by atoms with Crippen molar-refractivity contribution < 1.29 is 4.74 Å². The first kappa shape index (κ1) is 19.9. The van der Waals surface area contributed by atoms with Crippen LogP contribution in [0.1, 0.15) is 20.8 Å². The minimum atomic E-state index is 0.241. The number of halogens is 2. The number of nitrogens with one attached hydrogen (secondary N) is 2. The van der Waals surface area contributed by atoms with Gasteiger partial charge in [0.05, 0.1) is 11.6 Å². The van der Waals surface area contributed by atoms with Crippen molar-refractivity contribution in [1.82, 2.24) is 15.0 Å². The molecule has 0 radical (unpaired) electrons. The Hall–Kier alpha value is -1.44. The second-order valence-corrected chi connectivity index (χ2v) is 7.27. The third kappa shape index (κ3) is 6.76. The first-order chi connectivity index (χ1) is 12.0.